The first-order valence-corrected chi connectivity index (χ1v) is 11.6. The van der Waals surface area contributed by atoms with Crippen molar-refractivity contribution in [2.45, 2.75) is 45.6 Å². The third-order valence-electron chi connectivity index (χ3n) is 5.19. The van der Waals surface area contributed by atoms with Crippen LogP contribution in [-0.4, -0.2) is 18.0 Å². The van der Waals surface area contributed by atoms with Crippen LogP contribution < -0.4 is 15.5 Å². The Kier molecular flexibility index (Phi) is 9.87. The van der Waals surface area contributed by atoms with Crippen molar-refractivity contribution < 1.29 is 14.3 Å². The molecule has 0 aliphatic rings. The van der Waals surface area contributed by atoms with Gasteiger partial charge in [0.05, 0.1) is 6.21 Å². The molecular weight excluding hydrogens is 426 g/mol. The number of ether oxygens (including phenoxy) is 1. The molecule has 6 heteroatoms. The first-order valence-electron chi connectivity index (χ1n) is 11.6. The Balaban J connectivity index is 1.54. The monoisotopic (exact) mass is 457 g/mol. The summed E-state index contributed by atoms with van der Waals surface area (Å²) in [6, 6.07) is 24.2. The van der Waals surface area contributed by atoms with Gasteiger partial charge in [-0.2, -0.15) is 5.10 Å². The van der Waals surface area contributed by atoms with E-state index >= 15 is 0 Å². The van der Waals surface area contributed by atoms with Gasteiger partial charge < -0.3 is 10.1 Å². The summed E-state index contributed by atoms with van der Waals surface area (Å²) in [5.41, 5.74) is 5.36. The van der Waals surface area contributed by atoms with E-state index in [-0.39, 0.29) is 11.8 Å². The van der Waals surface area contributed by atoms with E-state index in [1.807, 2.05) is 54.6 Å². The molecule has 0 unspecified atom stereocenters. The molecule has 0 saturated carbocycles. The van der Waals surface area contributed by atoms with Crippen LogP contribution >= 0.6 is 0 Å². The lowest BCUT2D eigenvalue weighted by molar-refractivity contribution is -0.116. The van der Waals surface area contributed by atoms with E-state index in [9.17, 15) is 9.59 Å². The summed E-state index contributed by atoms with van der Waals surface area (Å²) in [7, 11) is 0. The normalized spacial score (nSPS) is 10.7. The molecule has 0 fully saturated rings. The molecule has 0 aliphatic carbocycles. The largest absolute Gasteiger partial charge is 0.488 e. The summed E-state index contributed by atoms with van der Waals surface area (Å²) in [5.74, 6) is 0.268. The van der Waals surface area contributed by atoms with Gasteiger partial charge in [-0.1, -0.05) is 74.7 Å². The molecular formula is C28H31N3O3. The van der Waals surface area contributed by atoms with Crippen LogP contribution in [0.15, 0.2) is 84.0 Å². The van der Waals surface area contributed by atoms with Gasteiger partial charge in [0.1, 0.15) is 12.4 Å². The molecule has 176 valence electrons. The highest BCUT2D eigenvalue weighted by Crippen LogP contribution is 2.18. The van der Waals surface area contributed by atoms with Gasteiger partial charge in [0.25, 0.3) is 5.91 Å². The van der Waals surface area contributed by atoms with E-state index < -0.39 is 0 Å². The maximum atomic E-state index is 12.5. The van der Waals surface area contributed by atoms with Gasteiger partial charge in [0, 0.05) is 23.2 Å². The van der Waals surface area contributed by atoms with Gasteiger partial charge in [-0.15, -0.1) is 0 Å². The van der Waals surface area contributed by atoms with Crippen LogP contribution in [0.5, 0.6) is 5.75 Å². The number of hydrogen-bond donors (Lipinski definition) is 2. The van der Waals surface area contributed by atoms with Crippen molar-refractivity contribution in [1.82, 2.24) is 5.43 Å². The number of nitrogens with one attached hydrogen (secondary N) is 2. The summed E-state index contributed by atoms with van der Waals surface area (Å²) in [4.78, 5) is 24.7. The van der Waals surface area contributed by atoms with Gasteiger partial charge in [0.15, 0.2) is 0 Å². The number of amides is 2. The molecule has 0 atom stereocenters. The fraction of sp³-hybridized carbons (Fsp3) is 0.250. The number of carbonyl (C=O) groups excluding carboxylic acids is 2. The quantitative estimate of drug-likeness (QED) is 0.201. The Hall–Kier alpha value is -3.93. The number of nitrogens with zero attached hydrogens (tertiary/aromatic N) is 1. The predicted molar refractivity (Wildman–Crippen MR) is 136 cm³/mol. The minimum atomic E-state index is -0.363. The summed E-state index contributed by atoms with van der Waals surface area (Å²) in [6.45, 7) is 2.58. The van der Waals surface area contributed by atoms with Crippen molar-refractivity contribution >= 4 is 23.7 Å². The average molecular weight is 458 g/mol. The standard InChI is InChI=1S/C28H31N3O3/c1-2-3-4-8-18-27(32)30-25-16-11-15-23(19-25)28(33)31-29-20-24-14-9-10-17-26(24)34-21-22-12-6-5-7-13-22/h5-7,9-17,19-20H,2-4,8,18,21H2,1H3,(H,30,32)(H,31,33). The summed E-state index contributed by atoms with van der Waals surface area (Å²) >= 11 is 0. The highest BCUT2D eigenvalue weighted by molar-refractivity contribution is 5.97. The molecule has 2 amide bonds. The number of hydrazone groups is 1. The number of rotatable bonds is 12. The second-order valence-corrected chi connectivity index (χ2v) is 7.95. The molecule has 3 aromatic rings. The Morgan fingerprint density at radius 1 is 0.912 bits per heavy atom. The SMILES string of the molecule is CCCCCCC(=O)Nc1cccc(C(=O)NN=Cc2ccccc2OCc2ccccc2)c1. The number of carbonyl (C=O) groups is 2. The van der Waals surface area contributed by atoms with Crippen molar-refractivity contribution in [3.8, 4) is 5.75 Å². The molecule has 34 heavy (non-hydrogen) atoms. The maximum Gasteiger partial charge on any atom is 0.271 e. The summed E-state index contributed by atoms with van der Waals surface area (Å²) in [6.07, 6.45) is 6.21. The van der Waals surface area contributed by atoms with E-state index in [4.69, 9.17) is 4.74 Å². The lowest BCUT2D eigenvalue weighted by atomic mass is 10.1. The zero-order chi connectivity index (χ0) is 24.0. The molecule has 0 aliphatic heterocycles. The number of benzene rings is 3. The lowest BCUT2D eigenvalue weighted by Crippen LogP contribution is -2.18. The van der Waals surface area contributed by atoms with Crippen LogP contribution in [0.25, 0.3) is 0 Å². The molecule has 0 bridgehead atoms. The summed E-state index contributed by atoms with van der Waals surface area (Å²) < 4.78 is 5.92. The van der Waals surface area contributed by atoms with Gasteiger partial charge in [-0.25, -0.2) is 5.43 Å². The lowest BCUT2D eigenvalue weighted by Gasteiger charge is -2.09. The molecule has 0 saturated heterocycles. The topological polar surface area (TPSA) is 79.8 Å². The predicted octanol–water partition coefficient (Wildman–Crippen LogP) is 5.94. The minimum absolute atomic E-state index is 0.0428. The van der Waals surface area contributed by atoms with Crippen LogP contribution in [0, 0.1) is 0 Å². The Bertz CT molecular complexity index is 1100. The van der Waals surface area contributed by atoms with E-state index in [2.05, 4.69) is 22.8 Å². The first kappa shape index (κ1) is 24.7. The van der Waals surface area contributed by atoms with Crippen LogP contribution in [0.2, 0.25) is 0 Å². The molecule has 0 spiro atoms. The van der Waals surface area contributed by atoms with Gasteiger partial charge in [-0.3, -0.25) is 9.59 Å². The zero-order valence-electron chi connectivity index (χ0n) is 19.5. The average Bonchev–Trinajstić information content (AvgIpc) is 2.87. The van der Waals surface area contributed by atoms with Crippen LogP contribution in [0.1, 0.15) is 60.5 Å². The van der Waals surface area contributed by atoms with Gasteiger partial charge in [-0.05, 0) is 42.3 Å². The van der Waals surface area contributed by atoms with Crippen LogP contribution in [-0.2, 0) is 11.4 Å². The molecule has 2 N–H and O–H groups in total. The molecule has 0 radical (unpaired) electrons. The number of unbranched alkanes of at least 4 members (excludes halogenated alkanes) is 3. The highest BCUT2D eigenvalue weighted by Gasteiger charge is 2.08. The Morgan fingerprint density at radius 3 is 2.53 bits per heavy atom. The molecule has 3 rings (SSSR count). The van der Waals surface area contributed by atoms with Gasteiger partial charge in [0.2, 0.25) is 5.91 Å². The second-order valence-electron chi connectivity index (χ2n) is 7.95. The third-order valence-corrected chi connectivity index (χ3v) is 5.19. The van der Waals surface area contributed by atoms with E-state index in [0.717, 1.165) is 36.8 Å². The highest BCUT2D eigenvalue weighted by atomic mass is 16.5. The van der Waals surface area contributed by atoms with Crippen molar-refractivity contribution in [2.75, 3.05) is 5.32 Å². The van der Waals surface area contributed by atoms with E-state index in [1.165, 1.54) is 0 Å². The smallest absolute Gasteiger partial charge is 0.271 e. The van der Waals surface area contributed by atoms with E-state index in [0.29, 0.717) is 30.0 Å². The first-order chi connectivity index (χ1) is 16.7. The van der Waals surface area contributed by atoms with Crippen molar-refractivity contribution in [2.24, 2.45) is 5.10 Å². The fourth-order valence-electron chi connectivity index (χ4n) is 3.35. The third kappa shape index (κ3) is 8.20. The maximum absolute atomic E-state index is 12.5. The second kappa shape index (κ2) is 13.6. The Labute approximate surface area is 201 Å². The molecule has 6 nitrogen and oxygen atoms in total. The van der Waals surface area contributed by atoms with Crippen molar-refractivity contribution in [1.29, 1.82) is 0 Å². The minimum Gasteiger partial charge on any atom is -0.488 e. The van der Waals surface area contributed by atoms with E-state index in [1.54, 1.807) is 30.5 Å². The molecule has 0 heterocycles. The van der Waals surface area contributed by atoms with Crippen LogP contribution in [0.3, 0.4) is 0 Å². The number of anilines is 1. The van der Waals surface area contributed by atoms with Crippen molar-refractivity contribution in [3.05, 3.63) is 95.6 Å². The zero-order valence-corrected chi connectivity index (χ0v) is 19.5. The molecule has 0 aromatic heterocycles. The number of hydrogen-bond acceptors (Lipinski definition) is 4. The summed E-state index contributed by atoms with van der Waals surface area (Å²) in [5, 5.41) is 6.95. The van der Waals surface area contributed by atoms with Gasteiger partial charge >= 0.3 is 0 Å². The van der Waals surface area contributed by atoms with Crippen molar-refractivity contribution in [3.63, 3.8) is 0 Å². The fourth-order valence-corrected chi connectivity index (χ4v) is 3.35. The number of para-hydroxylation sites is 1. The Morgan fingerprint density at radius 2 is 1.71 bits per heavy atom. The molecule has 3 aromatic carbocycles. The van der Waals surface area contributed by atoms with Crippen LogP contribution in [0.4, 0.5) is 5.69 Å².